The molecule has 0 bridgehead atoms. The molecular formula is C54H36B2F21P. The quantitative estimate of drug-likeness (QED) is 0.0421. The molecule has 2 aliphatic rings. The van der Waals surface area contributed by atoms with E-state index in [0.717, 1.165) is 15.9 Å². The normalized spacial score (nSPS) is 14.6. The molecule has 2 aliphatic carbocycles. The average Bonchev–Trinajstić information content (AvgIpc) is 3.17. The molecule has 0 spiro atoms. The Morgan fingerprint density at radius 1 is 0.295 bits per heavy atom. The summed E-state index contributed by atoms with van der Waals surface area (Å²) in [5, 5.41) is 2.66. The highest BCUT2D eigenvalue weighted by atomic mass is 31.2. The van der Waals surface area contributed by atoms with Crippen molar-refractivity contribution in [3.63, 3.8) is 0 Å². The lowest BCUT2D eigenvalue weighted by atomic mass is 9.12. The van der Waals surface area contributed by atoms with Crippen LogP contribution in [0.4, 0.5) is 92.0 Å². The van der Waals surface area contributed by atoms with Gasteiger partial charge in [0.15, 0.2) is 76.5 Å². The molecule has 0 aromatic heterocycles. The SMILES string of the molecule is F[P+](c1ccccc1)(c1ccccc1)c1ccccc1B(C1CCCCC1)C1CCCCC1.Fc1c(F)c(F)c([B-](c2c(F)c(F)c(F)c(F)c2F)(c2c(F)c(F)c(F)c(F)c2F)c2c(F)c(F)c(F)c(F)c2F)c(F)c1F. The predicted molar refractivity (Wildman–Crippen MR) is 255 cm³/mol. The summed E-state index contributed by atoms with van der Waals surface area (Å²) in [5.74, 6) is -70.0. The third-order valence-electron chi connectivity index (χ3n) is 14.9. The lowest BCUT2D eigenvalue weighted by Crippen LogP contribution is -2.81. The monoisotopic (exact) mass is 1140 g/mol. The minimum absolute atomic E-state index is 0.490. The maximum absolute atomic E-state index is 17.9. The first-order chi connectivity index (χ1) is 37.0. The zero-order chi connectivity index (χ0) is 56.9. The van der Waals surface area contributed by atoms with Gasteiger partial charge in [-0.1, -0.05) is 130 Å². The number of benzene rings is 7. The van der Waals surface area contributed by atoms with E-state index in [0.29, 0.717) is 18.3 Å². The van der Waals surface area contributed by atoms with Crippen LogP contribution in [0, 0.1) is 116 Å². The van der Waals surface area contributed by atoms with Crippen molar-refractivity contribution in [1.82, 2.24) is 0 Å². The van der Waals surface area contributed by atoms with Crippen molar-refractivity contribution in [3.8, 4) is 0 Å². The first kappa shape index (κ1) is 57.8. The molecule has 410 valence electrons. The van der Waals surface area contributed by atoms with Crippen LogP contribution >= 0.6 is 7.57 Å². The second kappa shape index (κ2) is 22.8. The van der Waals surface area contributed by atoms with E-state index in [4.69, 9.17) is 0 Å². The van der Waals surface area contributed by atoms with Gasteiger partial charge in [0.2, 0.25) is 0 Å². The topological polar surface area (TPSA) is 0 Å². The predicted octanol–water partition coefficient (Wildman–Crippen LogP) is 13.1. The summed E-state index contributed by atoms with van der Waals surface area (Å²) in [6.07, 6.45) is 6.10. The highest BCUT2D eigenvalue weighted by Crippen LogP contribution is 2.57. The van der Waals surface area contributed by atoms with E-state index in [2.05, 4.69) is 24.3 Å². The molecule has 0 heterocycles. The van der Waals surface area contributed by atoms with Crippen molar-refractivity contribution in [2.45, 2.75) is 75.8 Å². The second-order valence-electron chi connectivity index (χ2n) is 18.9. The molecule has 9 rings (SSSR count). The Morgan fingerprint density at radius 3 is 0.795 bits per heavy atom. The van der Waals surface area contributed by atoms with Gasteiger partial charge in [0.05, 0.1) is 0 Å². The Labute approximate surface area is 431 Å². The maximum Gasteiger partial charge on any atom is 0.298 e. The molecule has 24 heteroatoms. The van der Waals surface area contributed by atoms with Gasteiger partial charge in [0.1, 0.15) is 68.6 Å². The Bertz CT molecular complexity index is 2970. The molecule has 0 aliphatic heterocycles. The average molecular weight is 1140 g/mol. The zero-order valence-corrected chi connectivity index (χ0v) is 40.7. The first-order valence-corrected chi connectivity index (χ1v) is 25.7. The van der Waals surface area contributed by atoms with Gasteiger partial charge in [0.25, 0.3) is 7.57 Å². The summed E-state index contributed by atoms with van der Waals surface area (Å²) >= 11 is 0. The van der Waals surface area contributed by atoms with Crippen LogP contribution in [0.2, 0.25) is 11.6 Å². The van der Waals surface area contributed by atoms with Crippen molar-refractivity contribution < 1.29 is 92.0 Å². The van der Waals surface area contributed by atoms with Crippen molar-refractivity contribution in [1.29, 1.82) is 0 Å². The van der Waals surface area contributed by atoms with Gasteiger partial charge in [-0.15, -0.1) is 21.9 Å². The van der Waals surface area contributed by atoms with E-state index >= 15 is 39.3 Å². The van der Waals surface area contributed by atoms with Crippen LogP contribution in [0.25, 0.3) is 0 Å². The van der Waals surface area contributed by atoms with Crippen molar-refractivity contribution >= 4 is 63.7 Å². The number of hydrogen-bond donors (Lipinski definition) is 0. The molecule has 0 amide bonds. The largest absolute Gasteiger partial charge is 0.298 e. The van der Waals surface area contributed by atoms with Crippen molar-refractivity contribution in [2.75, 3.05) is 0 Å². The fourth-order valence-electron chi connectivity index (χ4n) is 11.5. The highest BCUT2D eigenvalue weighted by molar-refractivity contribution is 7.91. The fraction of sp³-hybridized carbons (Fsp3) is 0.222. The lowest BCUT2D eigenvalue weighted by molar-refractivity contribution is 0.378. The minimum atomic E-state index is -7.22. The highest BCUT2D eigenvalue weighted by Gasteiger charge is 2.54. The van der Waals surface area contributed by atoms with E-state index in [9.17, 15) is 52.7 Å². The van der Waals surface area contributed by atoms with Gasteiger partial charge >= 0.3 is 0 Å². The summed E-state index contributed by atoms with van der Waals surface area (Å²) in [6.45, 7) is 0.490. The van der Waals surface area contributed by atoms with Gasteiger partial charge in [-0.25, -0.2) is 87.8 Å². The minimum Gasteiger partial charge on any atom is -0.207 e. The van der Waals surface area contributed by atoms with E-state index in [1.54, 1.807) is 0 Å². The summed E-state index contributed by atoms with van der Waals surface area (Å²) in [4.78, 5) is 0. The second-order valence-corrected chi connectivity index (χ2v) is 21.6. The van der Waals surface area contributed by atoms with Crippen molar-refractivity contribution in [3.05, 3.63) is 201 Å². The molecule has 78 heavy (non-hydrogen) atoms. The third kappa shape index (κ3) is 9.42. The Kier molecular flexibility index (Phi) is 16.9. The maximum atomic E-state index is 17.9. The van der Waals surface area contributed by atoms with Gasteiger partial charge in [-0.3, -0.25) is 0 Å². The molecule has 0 atom stereocenters. The van der Waals surface area contributed by atoms with Crippen LogP contribution in [0.5, 0.6) is 0 Å². The molecule has 0 nitrogen and oxygen atoms in total. The van der Waals surface area contributed by atoms with Gasteiger partial charge in [-0.2, -0.15) is 0 Å². The zero-order valence-electron chi connectivity index (χ0n) is 39.8. The number of halogens is 21. The lowest BCUT2D eigenvalue weighted by Gasteiger charge is -2.44. The Morgan fingerprint density at radius 2 is 0.526 bits per heavy atom. The van der Waals surface area contributed by atoms with Crippen LogP contribution in [0.15, 0.2) is 84.9 Å². The van der Waals surface area contributed by atoms with Crippen LogP contribution in [-0.2, 0) is 0 Å². The van der Waals surface area contributed by atoms with Gasteiger partial charge in [-0.05, 0) is 40.0 Å². The Hall–Kier alpha value is -6.37. The van der Waals surface area contributed by atoms with Crippen LogP contribution < -0.4 is 43.2 Å². The molecule has 0 radical (unpaired) electrons. The van der Waals surface area contributed by atoms with Crippen molar-refractivity contribution in [2.24, 2.45) is 0 Å². The van der Waals surface area contributed by atoms with E-state index < -0.39 is 152 Å². The molecule has 0 saturated heterocycles. The van der Waals surface area contributed by atoms with E-state index in [-0.39, 0.29) is 0 Å². The summed E-state index contributed by atoms with van der Waals surface area (Å²) in [7, 11) is -3.22. The van der Waals surface area contributed by atoms with Gasteiger partial charge in [0, 0.05) is 0 Å². The molecule has 2 saturated carbocycles. The Balaban J connectivity index is 0.000000215. The van der Waals surface area contributed by atoms with E-state index in [1.807, 2.05) is 60.7 Å². The molecule has 0 N–H and O–H groups in total. The summed E-state index contributed by atoms with van der Waals surface area (Å²) < 4.78 is 312. The molecule has 2 fully saturated rings. The third-order valence-corrected chi connectivity index (χ3v) is 18.0. The smallest absolute Gasteiger partial charge is 0.207 e. The molecule has 7 aromatic rings. The first-order valence-electron chi connectivity index (χ1n) is 24.0. The fourth-order valence-corrected chi connectivity index (χ4v) is 14.4. The standard InChI is InChI=1S/C30H36BFP.C24BF20/c32-33(27-19-9-3-10-20-27,28-21-11-4-12-22-28)30-24-14-13-23-29(30)31(25-15-5-1-6-16-25)26-17-7-2-8-18-26;26-5-1(6(27)14(35)21(42)13(5)34)25(2-7(28)15(36)22(43)16(37)8(2)29,3-9(30)17(38)23(44)18(39)10(3)31)4-11(32)19(40)24(45)20(41)12(4)33/h3-4,9-14,19-26H,1-2,5-8,15-18H2;/q+1;-1. The van der Waals surface area contributed by atoms with Gasteiger partial charge < -0.3 is 0 Å². The number of hydrogen-bond acceptors (Lipinski definition) is 0. The van der Waals surface area contributed by atoms with Crippen LogP contribution in [-0.4, -0.2) is 12.9 Å². The molecule has 7 aromatic carbocycles. The van der Waals surface area contributed by atoms with Crippen LogP contribution in [0.1, 0.15) is 64.2 Å². The number of rotatable bonds is 10. The molecule has 0 unspecified atom stereocenters. The van der Waals surface area contributed by atoms with E-state index in [1.165, 1.54) is 69.7 Å². The van der Waals surface area contributed by atoms with Crippen LogP contribution in [0.3, 0.4) is 0 Å². The summed E-state index contributed by atoms with van der Waals surface area (Å²) in [5.41, 5.74) is -13.0. The summed E-state index contributed by atoms with van der Waals surface area (Å²) in [6, 6.07) is 28.7. The molecular weight excluding hydrogens is 1100 g/mol.